The van der Waals surface area contributed by atoms with Crippen molar-refractivity contribution >= 4 is 32.3 Å². The molecule has 9 nitrogen and oxygen atoms in total. The van der Waals surface area contributed by atoms with Crippen molar-refractivity contribution in [3.05, 3.63) is 105 Å². The first kappa shape index (κ1) is 26.6. The number of rotatable bonds is 7. The van der Waals surface area contributed by atoms with Crippen LogP contribution in [0.25, 0.3) is 10.0 Å². The van der Waals surface area contributed by atoms with E-state index in [9.17, 15) is 14.4 Å². The van der Waals surface area contributed by atoms with Gasteiger partial charge in [-0.3, -0.25) is 0 Å². The quantitative estimate of drug-likeness (QED) is 0.256. The molecule has 3 atom stereocenters. The van der Waals surface area contributed by atoms with Crippen LogP contribution in [-0.2, 0) is 14.2 Å². The minimum absolute atomic E-state index is 0.0768. The summed E-state index contributed by atoms with van der Waals surface area (Å²) in [4.78, 5) is 44.5. The van der Waals surface area contributed by atoms with Crippen molar-refractivity contribution in [2.45, 2.75) is 38.7 Å². The monoisotopic (exact) mass is 593 g/mol. The second-order valence-electron chi connectivity index (χ2n) is 9.35. The summed E-state index contributed by atoms with van der Waals surface area (Å²) in [5, 5.41) is 0. The molecule has 0 amide bonds. The average Bonchev–Trinajstić information content (AvgIpc) is 3.59. The fraction of sp³-hybridized carbons (Fsp3) is 0.241. The third kappa shape index (κ3) is 6.04. The molecule has 1 fully saturated rings. The number of benzene rings is 2. The Kier molecular flexibility index (Phi) is 7.79. The van der Waals surface area contributed by atoms with Crippen molar-refractivity contribution < 1.29 is 23.8 Å². The van der Waals surface area contributed by atoms with E-state index in [1.165, 1.54) is 4.57 Å². The second-order valence-corrected chi connectivity index (χ2v) is 11.3. The first-order valence-electron chi connectivity index (χ1n) is 12.4. The van der Waals surface area contributed by atoms with Gasteiger partial charge in [-0.15, -0.1) is 0 Å². The summed E-state index contributed by atoms with van der Waals surface area (Å²) >= 11 is 0.0768. The zero-order valence-corrected chi connectivity index (χ0v) is 23.1. The van der Waals surface area contributed by atoms with Crippen molar-refractivity contribution in [1.29, 1.82) is 0 Å². The van der Waals surface area contributed by atoms with Gasteiger partial charge in [-0.05, 0) is 13.8 Å². The second kappa shape index (κ2) is 11.4. The summed E-state index contributed by atoms with van der Waals surface area (Å²) in [6, 6.07) is 17.9. The first-order valence-corrected chi connectivity index (χ1v) is 14.2. The minimum atomic E-state index is -0.803. The van der Waals surface area contributed by atoms with E-state index in [1.807, 2.05) is 55.2 Å². The number of ether oxygens (including phenoxy) is 3. The Bertz CT molecular complexity index is 1530. The molecule has 200 valence electrons. The summed E-state index contributed by atoms with van der Waals surface area (Å²) in [6.45, 7) is 3.68. The van der Waals surface area contributed by atoms with Crippen molar-refractivity contribution in [1.82, 2.24) is 9.55 Å². The number of hydrogen-bond donors (Lipinski definition) is 1. The molecule has 3 heterocycles. The molecule has 0 unspecified atom stereocenters. The van der Waals surface area contributed by atoms with Crippen LogP contribution in [0.1, 0.15) is 44.5 Å². The van der Waals surface area contributed by atoms with Crippen LogP contribution in [0.15, 0.2) is 76.6 Å². The van der Waals surface area contributed by atoms with Crippen LogP contribution in [0.2, 0.25) is 0 Å². The molecular weight excluding hydrogens is 565 g/mol. The van der Waals surface area contributed by atoms with Crippen LogP contribution >= 0.6 is 0 Å². The summed E-state index contributed by atoms with van der Waals surface area (Å²) in [5.41, 5.74) is 8.94. The van der Waals surface area contributed by atoms with Crippen LogP contribution in [0.5, 0.6) is 0 Å². The maximum atomic E-state index is 12.9. The SMILES string of the molecule is Cc1ccc(C(=O)OC[C@H]2O[C@H](n3cc(-c4ccc[se]4)c(N)nc3=O)C[C@@H]2OC(=O)c2ccc(C)cc2)cc1. The Morgan fingerprint density at radius 3 is 2.28 bits per heavy atom. The molecule has 39 heavy (non-hydrogen) atoms. The third-order valence-corrected chi connectivity index (χ3v) is 8.37. The molecule has 0 bridgehead atoms. The molecule has 0 aliphatic carbocycles. The molecule has 0 radical (unpaired) electrons. The zero-order chi connectivity index (χ0) is 27.5. The van der Waals surface area contributed by atoms with Gasteiger partial charge < -0.3 is 0 Å². The fourth-order valence-electron chi connectivity index (χ4n) is 4.28. The van der Waals surface area contributed by atoms with Crippen molar-refractivity contribution in [3.63, 3.8) is 0 Å². The molecule has 4 aromatic rings. The van der Waals surface area contributed by atoms with E-state index in [4.69, 9.17) is 19.9 Å². The summed E-state index contributed by atoms with van der Waals surface area (Å²) in [7, 11) is 0. The van der Waals surface area contributed by atoms with Crippen LogP contribution in [-0.4, -0.2) is 54.8 Å². The number of carbonyl (C=O) groups excluding carboxylic acids is 2. The molecule has 1 saturated heterocycles. The van der Waals surface area contributed by atoms with E-state index in [1.54, 1.807) is 30.5 Å². The van der Waals surface area contributed by atoms with Gasteiger partial charge in [-0.25, -0.2) is 0 Å². The summed E-state index contributed by atoms with van der Waals surface area (Å²) in [6.07, 6.45) is -0.583. The van der Waals surface area contributed by atoms with Gasteiger partial charge in [-0.1, -0.05) is 23.3 Å². The zero-order valence-electron chi connectivity index (χ0n) is 21.4. The normalized spacial score (nSPS) is 18.6. The number of hydrogen-bond acceptors (Lipinski definition) is 8. The minimum Gasteiger partial charge on any atom is -0.0585 e. The average molecular weight is 593 g/mol. The predicted molar refractivity (Wildman–Crippen MR) is 146 cm³/mol. The van der Waals surface area contributed by atoms with Crippen LogP contribution < -0.4 is 11.4 Å². The molecule has 1 aliphatic rings. The summed E-state index contributed by atoms with van der Waals surface area (Å²) < 4.78 is 19.9. The van der Waals surface area contributed by atoms with E-state index in [2.05, 4.69) is 4.98 Å². The number of aromatic nitrogens is 2. The Hall–Kier alpha value is -3.98. The van der Waals surface area contributed by atoms with Gasteiger partial charge in [0.15, 0.2) is 0 Å². The van der Waals surface area contributed by atoms with Crippen LogP contribution in [0.3, 0.4) is 0 Å². The molecule has 2 N–H and O–H groups in total. The topological polar surface area (TPSA) is 123 Å². The number of anilines is 1. The van der Waals surface area contributed by atoms with Gasteiger partial charge in [-0.2, -0.15) is 0 Å². The van der Waals surface area contributed by atoms with Gasteiger partial charge >= 0.3 is 194 Å². The van der Waals surface area contributed by atoms with Crippen molar-refractivity contribution in [2.75, 3.05) is 12.3 Å². The van der Waals surface area contributed by atoms with Gasteiger partial charge in [0.2, 0.25) is 0 Å². The number of esters is 2. The van der Waals surface area contributed by atoms with Crippen molar-refractivity contribution in [3.8, 4) is 10.0 Å². The van der Waals surface area contributed by atoms with Gasteiger partial charge in [0, 0.05) is 0 Å². The Morgan fingerprint density at radius 1 is 1.03 bits per heavy atom. The number of nitrogens with zero attached hydrogens (tertiary/aromatic N) is 2. The molecule has 10 heteroatoms. The molecule has 5 rings (SSSR count). The van der Waals surface area contributed by atoms with Gasteiger partial charge in [0.25, 0.3) is 0 Å². The van der Waals surface area contributed by atoms with Gasteiger partial charge in [0.1, 0.15) is 0 Å². The maximum absolute atomic E-state index is 12.9. The van der Waals surface area contributed by atoms with E-state index >= 15 is 0 Å². The number of aryl methyl sites for hydroxylation is 2. The third-order valence-electron chi connectivity index (χ3n) is 6.47. The molecule has 1 aliphatic heterocycles. The van der Waals surface area contributed by atoms with Gasteiger partial charge in [0.05, 0.1) is 0 Å². The number of carbonyl (C=O) groups is 2. The predicted octanol–water partition coefficient (Wildman–Crippen LogP) is 3.54. The van der Waals surface area contributed by atoms with Crippen LogP contribution in [0, 0.1) is 13.8 Å². The Balaban J connectivity index is 1.39. The molecule has 0 saturated carbocycles. The Morgan fingerprint density at radius 2 is 1.67 bits per heavy atom. The fourth-order valence-corrected chi connectivity index (χ4v) is 5.84. The molecule has 2 aromatic carbocycles. The Labute approximate surface area is 230 Å². The van der Waals surface area contributed by atoms with Crippen LogP contribution in [0.4, 0.5) is 5.82 Å². The van der Waals surface area contributed by atoms with Crippen molar-refractivity contribution in [2.24, 2.45) is 0 Å². The van der Waals surface area contributed by atoms with E-state index in [0.717, 1.165) is 15.6 Å². The number of nitrogen functional groups attached to an aromatic ring is 1. The first-order chi connectivity index (χ1) is 18.8. The molecule has 0 spiro atoms. The number of nitrogens with two attached hydrogens (primary N) is 1. The van der Waals surface area contributed by atoms with E-state index in [0.29, 0.717) is 16.7 Å². The standard InChI is InChI=1S/C29H27N3O6Se/c1-17-5-9-19(10-6-17)27(33)36-16-23-22(38-28(34)20-11-7-18(2)8-12-20)14-25(37-23)32-15-21(24-4-3-13-39-24)26(30)31-29(32)35/h3-13,15,22-23,25H,14,16H2,1-2H3,(H2,30,31,35)/t22-,23+,25-/m0/s1. The van der Waals surface area contributed by atoms with E-state index < -0.39 is 36.1 Å². The summed E-state index contributed by atoms with van der Waals surface area (Å²) in [5.74, 6) is -0.911. The van der Waals surface area contributed by atoms with E-state index in [-0.39, 0.29) is 33.3 Å². The molecule has 2 aromatic heterocycles. The molecular formula is C29H27N3O6Se. The smallest absolute Gasteiger partial charge is 0.0585 e.